The van der Waals surface area contributed by atoms with Crippen molar-refractivity contribution in [1.82, 2.24) is 9.55 Å². The van der Waals surface area contributed by atoms with E-state index < -0.39 is 5.97 Å². The normalized spacial score (nSPS) is 9.45. The van der Waals surface area contributed by atoms with Gasteiger partial charge in [-0.3, -0.25) is 9.59 Å². The Kier molecular flexibility index (Phi) is 2.00. The van der Waals surface area contributed by atoms with E-state index >= 15 is 0 Å². The first-order chi connectivity index (χ1) is 5.24. The van der Waals surface area contributed by atoms with Gasteiger partial charge in [-0.05, 0) is 0 Å². The van der Waals surface area contributed by atoms with E-state index in [1.54, 1.807) is 0 Å². The molecule has 0 spiro atoms. The summed E-state index contributed by atoms with van der Waals surface area (Å²) in [5.74, 6) is -0.994. The fraction of sp³-hybridized carbons (Fsp3) is 0.167. The molecule has 0 aliphatic rings. The minimum atomic E-state index is -0.994. The van der Waals surface area contributed by atoms with Crippen LogP contribution in [0.2, 0.25) is 0 Å². The van der Waals surface area contributed by atoms with E-state index in [0.717, 1.165) is 0 Å². The molecule has 1 heterocycles. The molecule has 0 aliphatic heterocycles. The van der Waals surface area contributed by atoms with Gasteiger partial charge in [0.25, 0.3) is 0 Å². The number of aldehydes is 1. The molecule has 1 N–H and O–H groups in total. The molecule has 1 aromatic heterocycles. The Morgan fingerprint density at radius 1 is 1.82 bits per heavy atom. The van der Waals surface area contributed by atoms with Crippen molar-refractivity contribution in [1.29, 1.82) is 0 Å². The summed E-state index contributed by atoms with van der Waals surface area (Å²) in [5.41, 5.74) is 0.271. The van der Waals surface area contributed by atoms with Gasteiger partial charge >= 0.3 is 5.97 Å². The summed E-state index contributed by atoms with van der Waals surface area (Å²) in [7, 11) is 0. The average Bonchev–Trinajstić information content (AvgIpc) is 2.34. The van der Waals surface area contributed by atoms with Crippen LogP contribution in [-0.4, -0.2) is 26.9 Å². The molecule has 11 heavy (non-hydrogen) atoms. The van der Waals surface area contributed by atoms with Crippen LogP contribution in [0.4, 0.5) is 0 Å². The second kappa shape index (κ2) is 2.96. The van der Waals surface area contributed by atoms with Crippen LogP contribution in [0.1, 0.15) is 10.5 Å². The maximum absolute atomic E-state index is 10.2. The largest absolute Gasteiger partial charge is 0.480 e. The molecule has 1 aromatic rings. The summed E-state index contributed by atoms with van der Waals surface area (Å²) in [4.78, 5) is 24.0. The van der Waals surface area contributed by atoms with Crippen molar-refractivity contribution in [3.8, 4) is 0 Å². The summed E-state index contributed by atoms with van der Waals surface area (Å²) in [6.07, 6.45) is 3.18. The van der Waals surface area contributed by atoms with Crippen molar-refractivity contribution in [3.63, 3.8) is 0 Å². The Morgan fingerprint density at radius 3 is 3.09 bits per heavy atom. The number of aromatic nitrogens is 2. The molecule has 5 nitrogen and oxygen atoms in total. The SMILES string of the molecule is O=Cc1cncn1CC(=O)O. The molecular formula is C6H6N2O3. The number of carbonyl (C=O) groups is 2. The molecule has 0 unspecified atom stereocenters. The van der Waals surface area contributed by atoms with E-state index in [0.29, 0.717) is 6.29 Å². The summed E-state index contributed by atoms with van der Waals surface area (Å²) in [5, 5.41) is 8.34. The number of hydrogen-bond donors (Lipinski definition) is 1. The molecule has 0 fully saturated rings. The van der Waals surface area contributed by atoms with Crippen LogP contribution < -0.4 is 0 Å². The van der Waals surface area contributed by atoms with E-state index in [1.165, 1.54) is 17.1 Å². The van der Waals surface area contributed by atoms with Gasteiger partial charge in [-0.1, -0.05) is 0 Å². The molecule has 5 heteroatoms. The molecular weight excluding hydrogens is 148 g/mol. The number of carbonyl (C=O) groups excluding carboxylic acids is 1. The Morgan fingerprint density at radius 2 is 2.55 bits per heavy atom. The molecule has 0 saturated carbocycles. The summed E-state index contributed by atoms with van der Waals surface area (Å²) in [6, 6.07) is 0. The average molecular weight is 154 g/mol. The highest BCUT2D eigenvalue weighted by atomic mass is 16.4. The molecule has 0 radical (unpaired) electrons. The van der Waals surface area contributed by atoms with Crippen molar-refractivity contribution in [2.45, 2.75) is 6.54 Å². The van der Waals surface area contributed by atoms with Crippen molar-refractivity contribution in [2.75, 3.05) is 0 Å². The Labute approximate surface area is 62.3 Å². The number of carboxylic acid groups (broad SMARTS) is 1. The van der Waals surface area contributed by atoms with Crippen LogP contribution in [0.25, 0.3) is 0 Å². The minimum Gasteiger partial charge on any atom is -0.480 e. The third kappa shape index (κ3) is 1.64. The Bertz CT molecular complexity index is 279. The monoisotopic (exact) mass is 154 g/mol. The van der Waals surface area contributed by atoms with E-state index in [2.05, 4.69) is 4.98 Å². The van der Waals surface area contributed by atoms with Crippen LogP contribution >= 0.6 is 0 Å². The number of nitrogens with zero attached hydrogens (tertiary/aromatic N) is 2. The van der Waals surface area contributed by atoms with Gasteiger partial charge in [0.15, 0.2) is 6.29 Å². The molecule has 0 aliphatic carbocycles. The van der Waals surface area contributed by atoms with Crippen molar-refractivity contribution in [3.05, 3.63) is 18.2 Å². The highest BCUT2D eigenvalue weighted by molar-refractivity contribution is 5.73. The predicted molar refractivity (Wildman–Crippen MR) is 35.3 cm³/mol. The first-order valence-corrected chi connectivity index (χ1v) is 2.91. The van der Waals surface area contributed by atoms with Crippen LogP contribution in [0.15, 0.2) is 12.5 Å². The van der Waals surface area contributed by atoms with Gasteiger partial charge in [0.2, 0.25) is 0 Å². The van der Waals surface area contributed by atoms with E-state index in [9.17, 15) is 9.59 Å². The highest BCUT2D eigenvalue weighted by Crippen LogP contribution is 1.94. The van der Waals surface area contributed by atoms with Crippen molar-refractivity contribution >= 4 is 12.3 Å². The molecule has 0 bridgehead atoms. The van der Waals surface area contributed by atoms with E-state index in [4.69, 9.17) is 5.11 Å². The quantitative estimate of drug-likeness (QED) is 0.611. The lowest BCUT2D eigenvalue weighted by Gasteiger charge is -1.96. The fourth-order valence-electron chi connectivity index (χ4n) is 0.707. The lowest BCUT2D eigenvalue weighted by Crippen LogP contribution is -2.09. The molecule has 1 rings (SSSR count). The van der Waals surface area contributed by atoms with Gasteiger partial charge in [-0.25, -0.2) is 4.98 Å². The van der Waals surface area contributed by atoms with Gasteiger partial charge < -0.3 is 9.67 Å². The molecule has 0 aromatic carbocycles. The minimum absolute atomic E-state index is 0.228. The number of rotatable bonds is 3. The number of hydrogen-bond acceptors (Lipinski definition) is 3. The first-order valence-electron chi connectivity index (χ1n) is 2.91. The number of carboxylic acids is 1. The molecule has 0 amide bonds. The number of imidazole rings is 1. The molecule has 58 valence electrons. The van der Waals surface area contributed by atoms with Crippen LogP contribution in [0.3, 0.4) is 0 Å². The summed E-state index contributed by atoms with van der Waals surface area (Å²) in [6.45, 7) is -0.228. The maximum Gasteiger partial charge on any atom is 0.323 e. The third-order valence-corrected chi connectivity index (χ3v) is 1.17. The zero-order valence-corrected chi connectivity index (χ0v) is 5.60. The fourth-order valence-corrected chi connectivity index (χ4v) is 0.707. The Hall–Kier alpha value is -1.65. The third-order valence-electron chi connectivity index (χ3n) is 1.17. The molecule has 0 saturated heterocycles. The standard InChI is InChI=1S/C6H6N2O3/c9-3-5-1-7-4-8(5)2-6(10)11/h1,3-4H,2H2,(H,10,11). The topological polar surface area (TPSA) is 72.2 Å². The second-order valence-electron chi connectivity index (χ2n) is 1.96. The van der Waals surface area contributed by atoms with E-state index in [1.807, 2.05) is 0 Å². The van der Waals surface area contributed by atoms with Gasteiger partial charge in [0, 0.05) is 0 Å². The van der Waals surface area contributed by atoms with Crippen LogP contribution in [0, 0.1) is 0 Å². The van der Waals surface area contributed by atoms with Gasteiger partial charge in [-0.15, -0.1) is 0 Å². The zero-order chi connectivity index (χ0) is 8.27. The van der Waals surface area contributed by atoms with E-state index in [-0.39, 0.29) is 12.2 Å². The maximum atomic E-state index is 10.2. The van der Waals surface area contributed by atoms with Gasteiger partial charge in [-0.2, -0.15) is 0 Å². The van der Waals surface area contributed by atoms with Crippen LogP contribution in [-0.2, 0) is 11.3 Å². The zero-order valence-electron chi connectivity index (χ0n) is 5.60. The lowest BCUT2D eigenvalue weighted by atomic mass is 10.5. The predicted octanol–water partition coefficient (Wildman–Crippen LogP) is -0.220. The second-order valence-corrected chi connectivity index (χ2v) is 1.96. The first kappa shape index (κ1) is 7.46. The van der Waals surface area contributed by atoms with Gasteiger partial charge in [0.1, 0.15) is 12.2 Å². The Balaban J connectivity index is 2.84. The highest BCUT2D eigenvalue weighted by Gasteiger charge is 2.03. The van der Waals surface area contributed by atoms with Crippen LogP contribution in [0.5, 0.6) is 0 Å². The lowest BCUT2D eigenvalue weighted by molar-refractivity contribution is -0.137. The van der Waals surface area contributed by atoms with Gasteiger partial charge in [0.05, 0.1) is 12.5 Å². The summed E-state index contributed by atoms with van der Waals surface area (Å²) >= 11 is 0. The van der Waals surface area contributed by atoms with Crippen molar-refractivity contribution in [2.24, 2.45) is 0 Å². The smallest absolute Gasteiger partial charge is 0.323 e. The van der Waals surface area contributed by atoms with Crippen molar-refractivity contribution < 1.29 is 14.7 Å². The number of aliphatic carboxylic acids is 1. The molecule has 0 atom stereocenters. The summed E-state index contributed by atoms with van der Waals surface area (Å²) < 4.78 is 1.26.